The SMILES string of the molecule is Cc1ccc(Nc2ccc(NC(=O)c3ccc4c(c3)OCO4)cn2)c(C)c1. The van der Waals surface area contributed by atoms with Crippen molar-refractivity contribution in [2.75, 3.05) is 17.4 Å². The molecule has 1 aliphatic rings. The molecule has 6 heteroatoms. The maximum atomic E-state index is 12.4. The lowest BCUT2D eigenvalue weighted by molar-refractivity contribution is 0.102. The van der Waals surface area contributed by atoms with Crippen LogP contribution >= 0.6 is 0 Å². The summed E-state index contributed by atoms with van der Waals surface area (Å²) in [6.07, 6.45) is 1.62. The van der Waals surface area contributed by atoms with Gasteiger partial charge in [0.05, 0.1) is 11.9 Å². The van der Waals surface area contributed by atoms with Gasteiger partial charge in [0.25, 0.3) is 5.91 Å². The van der Waals surface area contributed by atoms with Gasteiger partial charge >= 0.3 is 0 Å². The Bertz CT molecular complexity index is 1000. The summed E-state index contributed by atoms with van der Waals surface area (Å²) >= 11 is 0. The van der Waals surface area contributed by atoms with Crippen LogP contribution in [0.3, 0.4) is 0 Å². The van der Waals surface area contributed by atoms with Gasteiger partial charge in [-0.3, -0.25) is 4.79 Å². The van der Waals surface area contributed by atoms with E-state index in [9.17, 15) is 4.79 Å². The van der Waals surface area contributed by atoms with Crippen molar-refractivity contribution in [3.05, 3.63) is 71.4 Å². The summed E-state index contributed by atoms with van der Waals surface area (Å²) in [6, 6.07) is 14.9. The monoisotopic (exact) mass is 361 g/mol. The number of anilines is 3. The van der Waals surface area contributed by atoms with E-state index in [-0.39, 0.29) is 12.7 Å². The molecule has 3 aromatic rings. The van der Waals surface area contributed by atoms with E-state index in [1.807, 2.05) is 18.2 Å². The third kappa shape index (κ3) is 3.69. The highest BCUT2D eigenvalue weighted by molar-refractivity contribution is 6.04. The van der Waals surface area contributed by atoms with Crippen LogP contribution in [-0.4, -0.2) is 17.7 Å². The van der Waals surface area contributed by atoms with Crippen molar-refractivity contribution in [3.63, 3.8) is 0 Å². The number of nitrogens with one attached hydrogen (secondary N) is 2. The van der Waals surface area contributed by atoms with Crippen molar-refractivity contribution in [2.24, 2.45) is 0 Å². The summed E-state index contributed by atoms with van der Waals surface area (Å²) in [5.74, 6) is 1.71. The highest BCUT2D eigenvalue weighted by atomic mass is 16.7. The number of amides is 1. The summed E-state index contributed by atoms with van der Waals surface area (Å²) in [6.45, 7) is 4.29. The van der Waals surface area contributed by atoms with Crippen LogP contribution in [0.1, 0.15) is 21.5 Å². The molecule has 0 saturated heterocycles. The van der Waals surface area contributed by atoms with Crippen LogP contribution in [0, 0.1) is 13.8 Å². The van der Waals surface area contributed by atoms with Crippen molar-refractivity contribution < 1.29 is 14.3 Å². The number of hydrogen-bond acceptors (Lipinski definition) is 5. The number of ether oxygens (including phenoxy) is 2. The maximum Gasteiger partial charge on any atom is 0.255 e. The van der Waals surface area contributed by atoms with Crippen LogP contribution in [0.2, 0.25) is 0 Å². The van der Waals surface area contributed by atoms with Gasteiger partial charge in [0.15, 0.2) is 11.5 Å². The average molecular weight is 361 g/mol. The van der Waals surface area contributed by atoms with E-state index in [4.69, 9.17) is 9.47 Å². The molecule has 0 unspecified atom stereocenters. The van der Waals surface area contributed by atoms with Crippen molar-refractivity contribution in [3.8, 4) is 11.5 Å². The van der Waals surface area contributed by atoms with Crippen LogP contribution in [0.5, 0.6) is 11.5 Å². The lowest BCUT2D eigenvalue weighted by Crippen LogP contribution is -2.12. The smallest absolute Gasteiger partial charge is 0.255 e. The Morgan fingerprint density at radius 1 is 1.00 bits per heavy atom. The minimum absolute atomic E-state index is 0.180. The number of carbonyl (C=O) groups excluding carboxylic acids is 1. The fourth-order valence-corrected chi connectivity index (χ4v) is 2.87. The molecule has 0 radical (unpaired) electrons. The summed E-state index contributed by atoms with van der Waals surface area (Å²) in [7, 11) is 0. The molecule has 1 amide bonds. The number of rotatable bonds is 4. The maximum absolute atomic E-state index is 12.4. The number of hydrogen-bond donors (Lipinski definition) is 2. The van der Waals surface area contributed by atoms with E-state index < -0.39 is 0 Å². The zero-order valence-corrected chi connectivity index (χ0v) is 15.1. The van der Waals surface area contributed by atoms with Crippen LogP contribution in [0.4, 0.5) is 17.2 Å². The molecule has 0 fully saturated rings. The zero-order chi connectivity index (χ0) is 18.8. The van der Waals surface area contributed by atoms with Gasteiger partial charge in [0, 0.05) is 11.3 Å². The van der Waals surface area contributed by atoms with Crippen LogP contribution in [0.15, 0.2) is 54.7 Å². The normalized spacial score (nSPS) is 11.9. The highest BCUT2D eigenvalue weighted by Gasteiger charge is 2.16. The third-order valence-electron chi connectivity index (χ3n) is 4.30. The molecule has 0 atom stereocenters. The topological polar surface area (TPSA) is 72.5 Å². The molecule has 0 saturated carbocycles. The number of pyridine rings is 1. The molecule has 1 aliphatic heterocycles. The van der Waals surface area contributed by atoms with Gasteiger partial charge in [-0.2, -0.15) is 0 Å². The summed E-state index contributed by atoms with van der Waals surface area (Å²) in [5, 5.41) is 6.12. The molecule has 27 heavy (non-hydrogen) atoms. The number of aryl methyl sites for hydroxylation is 2. The molecule has 4 rings (SSSR count). The number of benzene rings is 2. The van der Waals surface area contributed by atoms with Crippen molar-refractivity contribution in [1.29, 1.82) is 0 Å². The van der Waals surface area contributed by atoms with Gasteiger partial charge in [-0.05, 0) is 55.8 Å². The average Bonchev–Trinajstić information content (AvgIpc) is 3.13. The zero-order valence-electron chi connectivity index (χ0n) is 15.1. The first-order valence-electron chi connectivity index (χ1n) is 8.60. The van der Waals surface area contributed by atoms with Gasteiger partial charge in [-0.1, -0.05) is 17.7 Å². The largest absolute Gasteiger partial charge is 0.454 e. The second-order valence-corrected chi connectivity index (χ2v) is 6.40. The predicted octanol–water partition coefficient (Wildman–Crippen LogP) is 4.42. The number of carbonyl (C=O) groups is 1. The second kappa shape index (κ2) is 6.99. The number of fused-ring (bicyclic) bond motifs is 1. The lowest BCUT2D eigenvalue weighted by atomic mass is 10.1. The molecule has 2 heterocycles. The highest BCUT2D eigenvalue weighted by Crippen LogP contribution is 2.32. The quantitative estimate of drug-likeness (QED) is 0.719. The molecule has 6 nitrogen and oxygen atoms in total. The number of nitrogens with zero attached hydrogens (tertiary/aromatic N) is 1. The summed E-state index contributed by atoms with van der Waals surface area (Å²) < 4.78 is 10.6. The first-order valence-corrected chi connectivity index (χ1v) is 8.60. The fourth-order valence-electron chi connectivity index (χ4n) is 2.87. The standard InChI is InChI=1S/C21H19N3O3/c1-13-3-6-17(14(2)9-13)24-20-8-5-16(11-22-20)23-21(25)15-4-7-18-19(10-15)27-12-26-18/h3-11H,12H2,1-2H3,(H,22,24)(H,23,25). The predicted molar refractivity (Wildman–Crippen MR) is 104 cm³/mol. The van der Waals surface area contributed by atoms with Gasteiger partial charge < -0.3 is 20.1 Å². The Kier molecular flexibility index (Phi) is 4.38. The van der Waals surface area contributed by atoms with E-state index in [2.05, 4.69) is 41.6 Å². The minimum atomic E-state index is -0.231. The van der Waals surface area contributed by atoms with Gasteiger partial charge in [-0.15, -0.1) is 0 Å². The molecular formula is C21H19N3O3. The number of aromatic nitrogens is 1. The van der Waals surface area contributed by atoms with E-state index in [0.717, 1.165) is 11.3 Å². The van der Waals surface area contributed by atoms with Crippen LogP contribution in [-0.2, 0) is 0 Å². The molecule has 0 aliphatic carbocycles. The Morgan fingerprint density at radius 3 is 2.63 bits per heavy atom. The fraction of sp³-hybridized carbons (Fsp3) is 0.143. The molecule has 136 valence electrons. The minimum Gasteiger partial charge on any atom is -0.454 e. The van der Waals surface area contributed by atoms with Gasteiger partial charge in [-0.25, -0.2) is 4.98 Å². The molecular weight excluding hydrogens is 342 g/mol. The van der Waals surface area contributed by atoms with Gasteiger partial charge in [0.1, 0.15) is 5.82 Å². The third-order valence-corrected chi connectivity index (χ3v) is 4.30. The van der Waals surface area contributed by atoms with Gasteiger partial charge in [0.2, 0.25) is 6.79 Å². The first-order chi connectivity index (χ1) is 13.1. The molecule has 0 spiro atoms. The Hall–Kier alpha value is -3.54. The van der Waals surface area contributed by atoms with E-state index in [0.29, 0.717) is 28.6 Å². The molecule has 2 N–H and O–H groups in total. The Morgan fingerprint density at radius 2 is 1.85 bits per heavy atom. The molecule has 1 aromatic heterocycles. The van der Waals surface area contributed by atoms with Crippen molar-refractivity contribution in [1.82, 2.24) is 4.98 Å². The van der Waals surface area contributed by atoms with E-state index in [1.54, 1.807) is 24.4 Å². The van der Waals surface area contributed by atoms with E-state index >= 15 is 0 Å². The first kappa shape index (κ1) is 16.9. The summed E-state index contributed by atoms with van der Waals surface area (Å²) in [4.78, 5) is 16.8. The van der Waals surface area contributed by atoms with Crippen molar-refractivity contribution in [2.45, 2.75) is 13.8 Å². The molecule has 0 bridgehead atoms. The van der Waals surface area contributed by atoms with Crippen LogP contribution < -0.4 is 20.1 Å². The Balaban J connectivity index is 1.43. The lowest BCUT2D eigenvalue weighted by Gasteiger charge is -2.10. The summed E-state index contributed by atoms with van der Waals surface area (Å²) in [5.41, 5.74) is 4.48. The Labute approximate surface area is 157 Å². The van der Waals surface area contributed by atoms with Crippen molar-refractivity contribution >= 4 is 23.1 Å². The second-order valence-electron chi connectivity index (χ2n) is 6.40. The molecule has 2 aromatic carbocycles. The van der Waals surface area contributed by atoms with Crippen LogP contribution in [0.25, 0.3) is 0 Å². The van der Waals surface area contributed by atoms with E-state index in [1.165, 1.54) is 5.56 Å².